The highest BCUT2D eigenvalue weighted by molar-refractivity contribution is 5.68. The first-order valence-electron chi connectivity index (χ1n) is 11.7. The highest BCUT2D eigenvalue weighted by Gasteiger charge is 2.20. The smallest absolute Gasteiger partial charge is 0.410 e. The fourth-order valence-corrected chi connectivity index (χ4v) is 2.95. The largest absolute Gasteiger partial charge is 0.463 e. The topological polar surface area (TPSA) is 88.6 Å². The van der Waals surface area contributed by atoms with Crippen molar-refractivity contribution < 1.29 is 28.6 Å². The number of carbonyl (C=O) groups is 3. The van der Waals surface area contributed by atoms with E-state index in [1.807, 2.05) is 41.5 Å². The molecular weight excluding hydrogens is 414 g/mol. The van der Waals surface area contributed by atoms with Crippen LogP contribution in [0.2, 0.25) is 0 Å². The van der Waals surface area contributed by atoms with Crippen LogP contribution < -0.4 is 0 Å². The molecule has 0 spiro atoms. The lowest BCUT2D eigenvalue weighted by molar-refractivity contribution is -0.144. The predicted octanol–water partition coefficient (Wildman–Crippen LogP) is 3.75. The standard InChI is InChI=1S/C9H18N2O2.C9H17NO2.C5H10O2/c1-8(2)13-9(12)11-6-4-10(3)5-7-11;1-8(2)12-9(11)10-6-4-3-5-7-10;1-4(2)7-5(3)6/h8H,4-7H2,1-3H3;8H,3-7H2,1-2H3;4H,1-3H3. The maximum Gasteiger partial charge on any atom is 0.410 e. The van der Waals surface area contributed by atoms with E-state index in [1.54, 1.807) is 9.80 Å². The zero-order valence-electron chi connectivity index (χ0n) is 21.4. The number of hydrogen-bond acceptors (Lipinski definition) is 7. The van der Waals surface area contributed by atoms with Gasteiger partial charge in [0.05, 0.1) is 18.3 Å². The molecule has 0 bridgehead atoms. The van der Waals surface area contributed by atoms with Crippen LogP contribution in [-0.2, 0) is 19.0 Å². The van der Waals surface area contributed by atoms with E-state index in [0.717, 1.165) is 52.1 Å². The fourth-order valence-electron chi connectivity index (χ4n) is 2.95. The van der Waals surface area contributed by atoms with Gasteiger partial charge in [0.1, 0.15) is 0 Å². The number of carbonyl (C=O) groups excluding carboxylic acids is 3. The van der Waals surface area contributed by atoms with Gasteiger partial charge < -0.3 is 28.9 Å². The molecule has 0 N–H and O–H groups in total. The van der Waals surface area contributed by atoms with E-state index in [4.69, 9.17) is 9.47 Å². The third kappa shape index (κ3) is 15.7. The summed E-state index contributed by atoms with van der Waals surface area (Å²) in [7, 11) is 2.06. The Labute approximate surface area is 194 Å². The second-order valence-corrected chi connectivity index (χ2v) is 8.86. The van der Waals surface area contributed by atoms with Gasteiger partial charge in [0.15, 0.2) is 0 Å². The van der Waals surface area contributed by atoms with Crippen LogP contribution in [-0.4, -0.2) is 97.5 Å². The molecule has 2 amide bonds. The van der Waals surface area contributed by atoms with Gasteiger partial charge in [0, 0.05) is 46.2 Å². The molecule has 2 aliphatic heterocycles. The molecule has 0 unspecified atom stereocenters. The minimum absolute atomic E-state index is 0.000531. The Morgan fingerprint density at radius 3 is 1.28 bits per heavy atom. The SMILES string of the molecule is CC(=O)OC(C)C.CC(C)OC(=O)N1CCCCC1.CC(C)OC(=O)N1CCN(C)CC1. The van der Waals surface area contributed by atoms with Gasteiger partial charge in [-0.05, 0) is 67.9 Å². The number of likely N-dealkylation sites (tertiary alicyclic amines) is 1. The van der Waals surface area contributed by atoms with E-state index in [0.29, 0.717) is 0 Å². The molecule has 0 saturated carbocycles. The van der Waals surface area contributed by atoms with Crippen molar-refractivity contribution in [3.8, 4) is 0 Å². The summed E-state index contributed by atoms with van der Waals surface area (Å²) >= 11 is 0. The van der Waals surface area contributed by atoms with Crippen molar-refractivity contribution in [1.82, 2.24) is 14.7 Å². The second-order valence-electron chi connectivity index (χ2n) is 8.86. The molecule has 2 rings (SSSR count). The van der Waals surface area contributed by atoms with Crippen LogP contribution in [0.3, 0.4) is 0 Å². The number of piperidine rings is 1. The van der Waals surface area contributed by atoms with Crippen molar-refractivity contribution >= 4 is 18.2 Å². The quantitative estimate of drug-likeness (QED) is 0.469. The summed E-state index contributed by atoms with van der Waals surface area (Å²) in [6, 6.07) is 0. The number of ether oxygens (including phenoxy) is 3. The average molecular weight is 460 g/mol. The average Bonchev–Trinajstić information content (AvgIpc) is 2.68. The normalized spacial score (nSPS) is 16.6. The highest BCUT2D eigenvalue weighted by atomic mass is 16.6. The molecule has 9 heteroatoms. The van der Waals surface area contributed by atoms with Gasteiger partial charge in [-0.25, -0.2) is 9.59 Å². The monoisotopic (exact) mass is 459 g/mol. The molecule has 0 aromatic heterocycles. The summed E-state index contributed by atoms with van der Waals surface area (Å²) in [6.45, 7) is 17.7. The molecule has 0 aromatic rings. The van der Waals surface area contributed by atoms with Crippen molar-refractivity contribution in [3.63, 3.8) is 0 Å². The van der Waals surface area contributed by atoms with Gasteiger partial charge in [-0.3, -0.25) is 4.79 Å². The molecule has 2 aliphatic rings. The lowest BCUT2D eigenvalue weighted by Gasteiger charge is -2.32. The van der Waals surface area contributed by atoms with E-state index < -0.39 is 0 Å². The Morgan fingerprint density at radius 2 is 0.969 bits per heavy atom. The van der Waals surface area contributed by atoms with Gasteiger partial charge in [0.25, 0.3) is 0 Å². The van der Waals surface area contributed by atoms with Crippen LogP contribution >= 0.6 is 0 Å². The maximum absolute atomic E-state index is 11.4. The van der Waals surface area contributed by atoms with Crippen molar-refractivity contribution in [1.29, 1.82) is 0 Å². The van der Waals surface area contributed by atoms with Crippen LogP contribution in [0, 0.1) is 0 Å². The van der Waals surface area contributed by atoms with E-state index in [9.17, 15) is 14.4 Å². The number of hydrogen-bond donors (Lipinski definition) is 0. The maximum atomic E-state index is 11.4. The fraction of sp³-hybridized carbons (Fsp3) is 0.870. The zero-order chi connectivity index (χ0) is 24.7. The van der Waals surface area contributed by atoms with Crippen LogP contribution in [0.1, 0.15) is 67.7 Å². The summed E-state index contributed by atoms with van der Waals surface area (Å²) in [5.41, 5.74) is 0. The van der Waals surface area contributed by atoms with E-state index in [1.165, 1.54) is 13.3 Å². The number of nitrogens with zero attached hydrogens (tertiary/aromatic N) is 3. The van der Waals surface area contributed by atoms with Crippen molar-refractivity contribution in [2.45, 2.75) is 86.0 Å². The lowest BCUT2D eigenvalue weighted by atomic mass is 10.1. The molecule has 0 atom stereocenters. The number of esters is 1. The summed E-state index contributed by atoms with van der Waals surface area (Å²) < 4.78 is 14.8. The first kappa shape index (κ1) is 30.0. The molecule has 2 saturated heterocycles. The minimum atomic E-state index is -0.213. The number of rotatable bonds is 3. The third-order valence-corrected chi connectivity index (χ3v) is 4.45. The molecule has 0 radical (unpaired) electrons. The van der Waals surface area contributed by atoms with E-state index in [-0.39, 0.29) is 36.5 Å². The Hall–Kier alpha value is -2.03. The van der Waals surface area contributed by atoms with Crippen molar-refractivity contribution in [3.05, 3.63) is 0 Å². The molecule has 2 heterocycles. The second kappa shape index (κ2) is 16.6. The Balaban J connectivity index is 0.000000473. The van der Waals surface area contributed by atoms with Gasteiger partial charge in [-0.15, -0.1) is 0 Å². The summed E-state index contributed by atoms with van der Waals surface area (Å²) in [4.78, 5) is 38.5. The van der Waals surface area contributed by atoms with Crippen LogP contribution in [0.15, 0.2) is 0 Å². The lowest BCUT2D eigenvalue weighted by Crippen LogP contribution is -2.47. The number of likely N-dealkylation sites (N-methyl/N-ethyl adjacent to an activating group) is 1. The summed E-state index contributed by atoms with van der Waals surface area (Å²) in [5.74, 6) is -0.213. The summed E-state index contributed by atoms with van der Waals surface area (Å²) in [6.07, 6.45) is 3.16. The molecule has 2 fully saturated rings. The molecule has 9 nitrogen and oxygen atoms in total. The Kier molecular flexibility index (Phi) is 15.5. The van der Waals surface area contributed by atoms with Gasteiger partial charge in [0.2, 0.25) is 0 Å². The van der Waals surface area contributed by atoms with E-state index >= 15 is 0 Å². The number of piperazine rings is 1. The predicted molar refractivity (Wildman–Crippen MR) is 125 cm³/mol. The number of amides is 2. The van der Waals surface area contributed by atoms with Crippen molar-refractivity contribution in [2.24, 2.45) is 0 Å². The Bertz CT molecular complexity index is 540. The van der Waals surface area contributed by atoms with Gasteiger partial charge in [-0.2, -0.15) is 0 Å². The van der Waals surface area contributed by atoms with Crippen LogP contribution in [0.5, 0.6) is 0 Å². The first-order chi connectivity index (χ1) is 14.9. The third-order valence-electron chi connectivity index (χ3n) is 4.45. The molecule has 188 valence electrons. The van der Waals surface area contributed by atoms with E-state index in [2.05, 4.69) is 16.7 Å². The van der Waals surface area contributed by atoms with Crippen LogP contribution in [0.25, 0.3) is 0 Å². The molecule has 0 aliphatic carbocycles. The summed E-state index contributed by atoms with van der Waals surface area (Å²) in [5, 5.41) is 0. The molecule has 0 aromatic carbocycles. The highest BCUT2D eigenvalue weighted by Crippen LogP contribution is 2.10. The van der Waals surface area contributed by atoms with Gasteiger partial charge in [-0.1, -0.05) is 0 Å². The van der Waals surface area contributed by atoms with Gasteiger partial charge >= 0.3 is 18.2 Å². The Morgan fingerprint density at radius 1 is 0.594 bits per heavy atom. The molecule has 32 heavy (non-hydrogen) atoms. The van der Waals surface area contributed by atoms with Crippen LogP contribution in [0.4, 0.5) is 9.59 Å². The zero-order valence-corrected chi connectivity index (χ0v) is 21.4. The minimum Gasteiger partial charge on any atom is -0.463 e. The molecular formula is C23H45N3O6. The van der Waals surface area contributed by atoms with Crippen molar-refractivity contribution in [2.75, 3.05) is 46.3 Å². The first-order valence-corrected chi connectivity index (χ1v) is 11.7.